The molecule has 1 aromatic carbocycles. The van der Waals surface area contributed by atoms with Crippen molar-refractivity contribution in [1.29, 1.82) is 0 Å². The largest absolute Gasteiger partial charge is 0.493 e. The number of aryl methyl sites for hydroxylation is 1. The summed E-state index contributed by atoms with van der Waals surface area (Å²) in [7, 11) is 0. The minimum atomic E-state index is 0.0881. The van der Waals surface area contributed by atoms with E-state index >= 15 is 0 Å². The van der Waals surface area contributed by atoms with Gasteiger partial charge in [0.1, 0.15) is 5.75 Å². The molecule has 0 amide bonds. The highest BCUT2D eigenvalue weighted by atomic mass is 16.5. The first-order valence-corrected chi connectivity index (χ1v) is 8.74. The van der Waals surface area contributed by atoms with Crippen LogP contribution in [0, 0.1) is 6.92 Å². The molecule has 22 heavy (non-hydrogen) atoms. The van der Waals surface area contributed by atoms with Crippen molar-refractivity contribution in [3.63, 3.8) is 0 Å². The fourth-order valence-electron chi connectivity index (χ4n) is 2.85. The summed E-state index contributed by atoms with van der Waals surface area (Å²) < 4.78 is 6.07. The lowest BCUT2D eigenvalue weighted by Crippen LogP contribution is -2.19. The van der Waals surface area contributed by atoms with Gasteiger partial charge in [0.25, 0.3) is 0 Å². The highest BCUT2D eigenvalue weighted by Gasteiger charge is 2.24. The third kappa shape index (κ3) is 5.01. The highest BCUT2D eigenvalue weighted by Crippen LogP contribution is 2.39. The van der Waals surface area contributed by atoms with Crippen LogP contribution in [0.2, 0.25) is 0 Å². The monoisotopic (exact) mass is 305 g/mol. The molecule has 0 aliphatic carbocycles. The number of hydrogen-bond donors (Lipinski definition) is 1. The zero-order valence-corrected chi connectivity index (χ0v) is 15.6. The molecule has 0 saturated heterocycles. The first kappa shape index (κ1) is 19.0. The summed E-state index contributed by atoms with van der Waals surface area (Å²) in [5.41, 5.74) is 10.2. The van der Waals surface area contributed by atoms with E-state index in [-0.39, 0.29) is 5.41 Å². The fraction of sp³-hybridized carbons (Fsp3) is 0.700. The molecule has 126 valence electrons. The van der Waals surface area contributed by atoms with Crippen LogP contribution in [0.25, 0.3) is 0 Å². The summed E-state index contributed by atoms with van der Waals surface area (Å²) in [6, 6.07) is 4.88. The van der Waals surface area contributed by atoms with Crippen molar-refractivity contribution in [2.75, 3.05) is 6.61 Å². The van der Waals surface area contributed by atoms with Gasteiger partial charge in [-0.05, 0) is 50.0 Å². The van der Waals surface area contributed by atoms with E-state index < -0.39 is 0 Å². The lowest BCUT2D eigenvalue weighted by molar-refractivity contribution is 0.323. The number of hydrogen-bond acceptors (Lipinski definition) is 2. The van der Waals surface area contributed by atoms with Crippen LogP contribution in [0.1, 0.15) is 83.4 Å². The van der Waals surface area contributed by atoms with Crippen molar-refractivity contribution < 1.29 is 4.74 Å². The fourth-order valence-corrected chi connectivity index (χ4v) is 2.85. The van der Waals surface area contributed by atoms with Gasteiger partial charge >= 0.3 is 0 Å². The van der Waals surface area contributed by atoms with Crippen molar-refractivity contribution in [3.05, 3.63) is 28.8 Å². The highest BCUT2D eigenvalue weighted by molar-refractivity contribution is 5.49. The van der Waals surface area contributed by atoms with E-state index in [9.17, 15) is 0 Å². The topological polar surface area (TPSA) is 35.2 Å². The first-order chi connectivity index (χ1) is 10.2. The van der Waals surface area contributed by atoms with Gasteiger partial charge in [-0.2, -0.15) is 0 Å². The third-order valence-electron chi connectivity index (χ3n) is 4.38. The van der Waals surface area contributed by atoms with E-state index in [2.05, 4.69) is 60.6 Å². The van der Waals surface area contributed by atoms with Gasteiger partial charge in [-0.1, -0.05) is 52.3 Å². The van der Waals surface area contributed by atoms with Gasteiger partial charge in [0, 0.05) is 11.6 Å². The van der Waals surface area contributed by atoms with Gasteiger partial charge < -0.3 is 10.5 Å². The normalized spacial score (nSPS) is 14.7. The number of ether oxygens (including phenoxy) is 1. The van der Waals surface area contributed by atoms with Gasteiger partial charge in [-0.15, -0.1) is 0 Å². The van der Waals surface area contributed by atoms with E-state index in [1.807, 2.05) is 0 Å². The lowest BCUT2D eigenvalue weighted by Gasteiger charge is -2.27. The van der Waals surface area contributed by atoms with Crippen LogP contribution in [-0.4, -0.2) is 12.6 Å². The Morgan fingerprint density at radius 2 is 1.77 bits per heavy atom. The molecule has 0 heterocycles. The molecule has 2 N–H and O–H groups in total. The second-order valence-corrected chi connectivity index (χ2v) is 7.56. The van der Waals surface area contributed by atoms with Crippen LogP contribution in [0.5, 0.6) is 5.75 Å². The number of nitrogens with two attached hydrogens (primary N) is 1. The van der Waals surface area contributed by atoms with E-state index in [0.29, 0.717) is 18.6 Å². The lowest BCUT2D eigenvalue weighted by atomic mass is 9.81. The second-order valence-electron chi connectivity index (χ2n) is 7.56. The van der Waals surface area contributed by atoms with Crippen LogP contribution in [0.4, 0.5) is 0 Å². The van der Waals surface area contributed by atoms with Crippen LogP contribution in [0.15, 0.2) is 12.1 Å². The van der Waals surface area contributed by atoms with Crippen LogP contribution in [-0.2, 0) is 5.41 Å². The molecule has 1 rings (SSSR count). The summed E-state index contributed by atoms with van der Waals surface area (Å²) in [4.78, 5) is 0. The summed E-state index contributed by atoms with van der Waals surface area (Å²) in [5.74, 6) is 1.57. The zero-order valence-electron chi connectivity index (χ0n) is 15.6. The zero-order chi connectivity index (χ0) is 16.9. The Morgan fingerprint density at radius 3 is 2.27 bits per heavy atom. The molecule has 2 heteroatoms. The molecule has 2 unspecified atom stereocenters. The smallest absolute Gasteiger partial charge is 0.126 e. The minimum Gasteiger partial charge on any atom is -0.493 e. The van der Waals surface area contributed by atoms with Gasteiger partial charge in [-0.3, -0.25) is 0 Å². The predicted octanol–water partition coefficient (Wildman–Crippen LogP) is 5.31. The summed E-state index contributed by atoms with van der Waals surface area (Å²) in [5, 5.41) is 0. The van der Waals surface area contributed by atoms with Crippen LogP contribution in [0.3, 0.4) is 0 Å². The molecule has 0 spiro atoms. The molecule has 0 aliphatic rings. The molecule has 0 aromatic heterocycles. The quantitative estimate of drug-likeness (QED) is 0.740. The number of rotatable bonds is 7. The molecule has 0 saturated carbocycles. The van der Waals surface area contributed by atoms with Crippen LogP contribution >= 0.6 is 0 Å². The molecular formula is C20H35NO. The van der Waals surface area contributed by atoms with E-state index in [0.717, 1.165) is 25.0 Å². The van der Waals surface area contributed by atoms with Crippen molar-refractivity contribution in [3.8, 4) is 5.75 Å². The van der Waals surface area contributed by atoms with Gasteiger partial charge in [0.05, 0.1) is 6.61 Å². The maximum Gasteiger partial charge on any atom is 0.126 e. The summed E-state index contributed by atoms with van der Waals surface area (Å²) >= 11 is 0. The molecule has 2 atom stereocenters. The molecule has 0 aliphatic heterocycles. The molecule has 1 aromatic rings. The molecule has 0 fully saturated rings. The van der Waals surface area contributed by atoms with E-state index in [4.69, 9.17) is 10.5 Å². The predicted molar refractivity (Wildman–Crippen MR) is 97.0 cm³/mol. The summed E-state index contributed by atoms with van der Waals surface area (Å²) in [6.45, 7) is 16.2. The Kier molecular flexibility index (Phi) is 6.93. The maximum atomic E-state index is 6.09. The van der Waals surface area contributed by atoms with Crippen molar-refractivity contribution in [1.82, 2.24) is 0 Å². The van der Waals surface area contributed by atoms with Crippen molar-refractivity contribution in [2.24, 2.45) is 5.73 Å². The Hall–Kier alpha value is -1.02. The second kappa shape index (κ2) is 8.01. The maximum absolute atomic E-state index is 6.09. The van der Waals surface area contributed by atoms with E-state index in [1.165, 1.54) is 16.7 Å². The van der Waals surface area contributed by atoms with Crippen LogP contribution < -0.4 is 10.5 Å². The average molecular weight is 306 g/mol. The standard InChI is InChI=1S/C20H35NO/c1-8-16(21)11-10-15(4)17-12-14(3)13-18(20(5,6)7)19(17)22-9-2/h12-13,15-16H,8-11,21H2,1-7H3. The van der Waals surface area contributed by atoms with E-state index in [1.54, 1.807) is 0 Å². The first-order valence-electron chi connectivity index (χ1n) is 8.74. The van der Waals surface area contributed by atoms with Gasteiger partial charge in [-0.25, -0.2) is 0 Å². The molecular weight excluding hydrogens is 270 g/mol. The molecule has 0 radical (unpaired) electrons. The Bertz CT molecular complexity index is 473. The third-order valence-corrected chi connectivity index (χ3v) is 4.38. The number of benzene rings is 1. The Balaban J connectivity index is 3.19. The van der Waals surface area contributed by atoms with Gasteiger partial charge in [0.15, 0.2) is 0 Å². The van der Waals surface area contributed by atoms with Crippen molar-refractivity contribution in [2.45, 2.75) is 85.1 Å². The Morgan fingerprint density at radius 1 is 1.14 bits per heavy atom. The summed E-state index contributed by atoms with van der Waals surface area (Å²) in [6.07, 6.45) is 3.23. The van der Waals surface area contributed by atoms with Gasteiger partial charge in [0.2, 0.25) is 0 Å². The molecule has 0 bridgehead atoms. The average Bonchev–Trinajstić information content (AvgIpc) is 2.44. The van der Waals surface area contributed by atoms with Crippen molar-refractivity contribution >= 4 is 0 Å². The minimum absolute atomic E-state index is 0.0881. The molecule has 2 nitrogen and oxygen atoms in total. The SMILES string of the molecule is CCOc1c(C(C)CCC(N)CC)cc(C)cc1C(C)(C)C. The Labute approximate surface area is 137 Å².